The number of aliphatic imine (C=N–C) groups is 1. The molecule has 30 heavy (non-hydrogen) atoms. The number of anilines is 1. The van der Waals surface area contributed by atoms with E-state index in [0.717, 1.165) is 6.54 Å². The third-order valence-corrected chi connectivity index (χ3v) is 4.83. The average Bonchev–Trinajstić information content (AvgIpc) is 2.70. The highest BCUT2D eigenvalue weighted by atomic mass is 19.3. The molecular weight excluding hydrogens is 399 g/mol. The molecule has 0 bridgehead atoms. The van der Waals surface area contributed by atoms with E-state index in [-0.39, 0.29) is 28.7 Å². The van der Waals surface area contributed by atoms with Gasteiger partial charge in [-0.25, -0.2) is 27.9 Å². The van der Waals surface area contributed by atoms with E-state index >= 15 is 0 Å². The Balaban J connectivity index is 2.10. The number of nitrogens with zero attached hydrogens (tertiary/aromatic N) is 3. The lowest BCUT2D eigenvalue weighted by molar-refractivity contribution is 0.00249. The summed E-state index contributed by atoms with van der Waals surface area (Å²) in [4.78, 5) is 22.2. The van der Waals surface area contributed by atoms with Crippen molar-refractivity contribution in [2.45, 2.75) is 39.3 Å². The van der Waals surface area contributed by atoms with Gasteiger partial charge >= 0.3 is 6.09 Å². The first-order chi connectivity index (χ1) is 14.3. The number of halogens is 3. The number of aromatic nitrogens is 1. The molecule has 1 amide bonds. The number of carbonyl (C=O) groups is 1. The number of amides is 1. The van der Waals surface area contributed by atoms with Crippen molar-refractivity contribution in [3.8, 4) is 0 Å². The number of nitrogens with one attached hydrogen (secondary N) is 2. The Kier molecular flexibility index (Phi) is 6.76. The summed E-state index contributed by atoms with van der Waals surface area (Å²) in [5, 5.41) is 5.64. The number of pyridine rings is 1. The predicted molar refractivity (Wildman–Crippen MR) is 108 cm³/mol. The van der Waals surface area contributed by atoms with Crippen LogP contribution in [-0.4, -0.2) is 55.1 Å². The lowest BCUT2D eigenvalue weighted by Crippen LogP contribution is -2.49. The Hall–Kier alpha value is -2.88. The highest BCUT2D eigenvalue weighted by Gasteiger charge is 2.38. The highest BCUT2D eigenvalue weighted by Crippen LogP contribution is 2.29. The first-order valence-electron chi connectivity index (χ1n) is 9.62. The smallest absolute Gasteiger partial charge is 0.413 e. The van der Waals surface area contributed by atoms with Crippen LogP contribution in [0, 0.1) is 5.82 Å². The number of piperazine rings is 1. The SMILES string of the molecule is CC=CN=C1NC(=O)OC(C(F)F)/C1=C(/C)c1cc(F)cc(N2CCNC(C)C2)n1. The lowest BCUT2D eigenvalue weighted by atomic mass is 9.98. The number of amidine groups is 1. The van der Waals surface area contributed by atoms with Gasteiger partial charge in [-0.2, -0.15) is 0 Å². The zero-order valence-electron chi connectivity index (χ0n) is 17.0. The van der Waals surface area contributed by atoms with Gasteiger partial charge < -0.3 is 15.0 Å². The molecule has 2 saturated heterocycles. The van der Waals surface area contributed by atoms with Crippen molar-refractivity contribution in [1.82, 2.24) is 15.6 Å². The fourth-order valence-corrected chi connectivity index (χ4v) is 3.44. The molecule has 1 aromatic rings. The van der Waals surface area contributed by atoms with Gasteiger partial charge in [0.15, 0.2) is 6.10 Å². The van der Waals surface area contributed by atoms with Gasteiger partial charge in [0.05, 0.1) is 5.69 Å². The topological polar surface area (TPSA) is 78.8 Å². The maximum absolute atomic E-state index is 14.4. The molecule has 3 rings (SSSR count). The minimum absolute atomic E-state index is 0.0413. The summed E-state index contributed by atoms with van der Waals surface area (Å²) >= 11 is 0. The molecule has 0 saturated carbocycles. The summed E-state index contributed by atoms with van der Waals surface area (Å²) < 4.78 is 46.6. The van der Waals surface area contributed by atoms with Gasteiger partial charge in [0.1, 0.15) is 17.5 Å². The summed E-state index contributed by atoms with van der Waals surface area (Å²) in [5.74, 6) is -0.197. The van der Waals surface area contributed by atoms with E-state index < -0.39 is 24.4 Å². The second-order valence-electron chi connectivity index (χ2n) is 7.11. The first-order valence-corrected chi connectivity index (χ1v) is 9.62. The monoisotopic (exact) mass is 423 g/mol. The third-order valence-electron chi connectivity index (χ3n) is 4.83. The number of ether oxygens (including phenoxy) is 1. The summed E-state index contributed by atoms with van der Waals surface area (Å²) in [6.07, 6.45) is -2.90. The van der Waals surface area contributed by atoms with Crippen molar-refractivity contribution in [2.24, 2.45) is 4.99 Å². The molecule has 0 spiro atoms. The molecule has 3 heterocycles. The van der Waals surface area contributed by atoms with Crippen molar-refractivity contribution < 1.29 is 22.7 Å². The fraction of sp³-hybridized carbons (Fsp3) is 0.450. The molecule has 2 atom stereocenters. The van der Waals surface area contributed by atoms with Crippen LogP contribution >= 0.6 is 0 Å². The Morgan fingerprint density at radius 3 is 2.87 bits per heavy atom. The quantitative estimate of drug-likeness (QED) is 0.778. The Morgan fingerprint density at radius 2 is 2.20 bits per heavy atom. The molecule has 1 aromatic heterocycles. The van der Waals surface area contributed by atoms with E-state index in [1.54, 1.807) is 13.0 Å². The molecule has 0 aromatic carbocycles. The Labute approximate surface area is 172 Å². The summed E-state index contributed by atoms with van der Waals surface area (Å²) in [5.41, 5.74) is 0.373. The normalized spacial score (nSPS) is 25.6. The van der Waals surface area contributed by atoms with Gasteiger partial charge in [-0.1, -0.05) is 6.08 Å². The van der Waals surface area contributed by atoms with Crippen molar-refractivity contribution in [3.63, 3.8) is 0 Å². The van der Waals surface area contributed by atoms with Gasteiger partial charge in [0, 0.05) is 43.5 Å². The minimum Gasteiger partial charge on any atom is -0.435 e. The van der Waals surface area contributed by atoms with Gasteiger partial charge in [0.25, 0.3) is 6.43 Å². The van der Waals surface area contributed by atoms with E-state index in [0.29, 0.717) is 18.9 Å². The zero-order valence-corrected chi connectivity index (χ0v) is 17.0. The van der Waals surface area contributed by atoms with Crippen molar-refractivity contribution in [3.05, 3.63) is 41.5 Å². The Bertz CT molecular complexity index is 900. The van der Waals surface area contributed by atoms with E-state index in [2.05, 4.69) is 20.6 Å². The second kappa shape index (κ2) is 9.29. The molecular formula is C20H24F3N5O2. The second-order valence-corrected chi connectivity index (χ2v) is 7.11. The fourth-order valence-electron chi connectivity index (χ4n) is 3.44. The molecule has 2 aliphatic heterocycles. The average molecular weight is 423 g/mol. The number of rotatable bonds is 4. The van der Waals surface area contributed by atoms with Gasteiger partial charge in [-0.05, 0) is 32.4 Å². The lowest BCUT2D eigenvalue weighted by Gasteiger charge is -2.33. The molecule has 0 aliphatic carbocycles. The van der Waals surface area contributed by atoms with Crippen LogP contribution in [0.3, 0.4) is 0 Å². The number of hydrogen-bond donors (Lipinski definition) is 2. The van der Waals surface area contributed by atoms with Crippen LogP contribution in [0.4, 0.5) is 23.8 Å². The van der Waals surface area contributed by atoms with Gasteiger partial charge in [0.2, 0.25) is 0 Å². The minimum atomic E-state index is -2.99. The van der Waals surface area contributed by atoms with Crippen LogP contribution in [0.5, 0.6) is 0 Å². The summed E-state index contributed by atoms with van der Waals surface area (Å²) in [7, 11) is 0. The molecule has 7 nitrogen and oxygen atoms in total. The van der Waals surface area contributed by atoms with Crippen LogP contribution in [0.25, 0.3) is 5.57 Å². The summed E-state index contributed by atoms with van der Waals surface area (Å²) in [6.45, 7) is 7.24. The van der Waals surface area contributed by atoms with E-state index in [1.165, 1.54) is 25.3 Å². The van der Waals surface area contributed by atoms with Crippen molar-refractivity contribution in [1.29, 1.82) is 0 Å². The van der Waals surface area contributed by atoms with Crippen LogP contribution < -0.4 is 15.5 Å². The molecule has 2 N–H and O–H groups in total. The molecule has 0 radical (unpaired) electrons. The zero-order chi connectivity index (χ0) is 21.8. The maximum Gasteiger partial charge on any atom is 0.413 e. The van der Waals surface area contributed by atoms with Crippen LogP contribution in [0.2, 0.25) is 0 Å². The predicted octanol–water partition coefficient (Wildman–Crippen LogP) is 3.10. The van der Waals surface area contributed by atoms with Crippen LogP contribution in [0.15, 0.2) is 35.0 Å². The van der Waals surface area contributed by atoms with E-state index in [4.69, 9.17) is 4.74 Å². The van der Waals surface area contributed by atoms with Crippen LogP contribution in [0.1, 0.15) is 26.5 Å². The van der Waals surface area contributed by atoms with Gasteiger partial charge in [-0.15, -0.1) is 0 Å². The molecule has 2 fully saturated rings. The highest BCUT2D eigenvalue weighted by molar-refractivity contribution is 6.13. The van der Waals surface area contributed by atoms with E-state index in [9.17, 15) is 18.0 Å². The van der Waals surface area contributed by atoms with Gasteiger partial charge in [-0.3, -0.25) is 5.32 Å². The number of carbonyl (C=O) groups excluding carboxylic acids is 1. The molecule has 2 aliphatic rings. The summed E-state index contributed by atoms with van der Waals surface area (Å²) in [6, 6.07) is 2.69. The first kappa shape index (κ1) is 21.8. The largest absolute Gasteiger partial charge is 0.435 e. The molecule has 2 unspecified atom stereocenters. The third kappa shape index (κ3) is 4.81. The number of alkyl carbamates (subject to hydrolysis) is 1. The number of cyclic esters (lactones) is 1. The van der Waals surface area contributed by atoms with Crippen molar-refractivity contribution >= 4 is 23.3 Å². The van der Waals surface area contributed by atoms with E-state index in [1.807, 2.05) is 11.8 Å². The standard InChI is InChI=1S/C20H24F3N5O2/c1-4-5-25-19-16(17(18(22)23)30-20(29)27-19)12(3)14-8-13(21)9-15(26-14)28-7-6-24-11(2)10-28/h4-5,8-9,11,17-18,24H,6-7,10H2,1-3H3,(H,25,27,29)/b5-4?,16-12+. The van der Waals surface area contributed by atoms with Crippen molar-refractivity contribution in [2.75, 3.05) is 24.5 Å². The molecule has 10 heteroatoms. The van der Waals surface area contributed by atoms with Crippen LogP contribution in [-0.2, 0) is 4.74 Å². The maximum atomic E-state index is 14.4. The number of alkyl halides is 2. The Morgan fingerprint density at radius 1 is 1.43 bits per heavy atom. The number of hydrogen-bond acceptors (Lipinski definition) is 6. The number of allylic oxidation sites excluding steroid dienone is 2. The molecule has 162 valence electrons.